The van der Waals surface area contributed by atoms with Gasteiger partial charge in [-0.1, -0.05) is 31.5 Å². The highest BCUT2D eigenvalue weighted by Gasteiger charge is 2.20. The molecule has 32 heavy (non-hydrogen) atoms. The van der Waals surface area contributed by atoms with Crippen LogP contribution in [0.25, 0.3) is 17.1 Å². The molecule has 4 aromatic rings. The largest absolute Gasteiger partial charge is 0.491 e. The number of aromatic nitrogens is 6. The Bertz CT molecular complexity index is 1250. The van der Waals surface area contributed by atoms with E-state index in [9.17, 15) is 4.79 Å². The first-order valence-electron chi connectivity index (χ1n) is 10.7. The number of benzene rings is 1. The van der Waals surface area contributed by atoms with Crippen LogP contribution in [0.4, 0.5) is 0 Å². The van der Waals surface area contributed by atoms with Crippen LogP contribution in [0.5, 0.6) is 5.75 Å². The fraction of sp³-hybridized carbons (Fsp3) is 0.292. The van der Waals surface area contributed by atoms with E-state index in [1.807, 2.05) is 44.4 Å². The van der Waals surface area contributed by atoms with Crippen molar-refractivity contribution < 1.29 is 4.74 Å². The van der Waals surface area contributed by atoms with Gasteiger partial charge < -0.3 is 4.74 Å². The molecule has 0 radical (unpaired) electrons. The Morgan fingerprint density at radius 2 is 1.91 bits per heavy atom. The van der Waals surface area contributed by atoms with Gasteiger partial charge in [0.05, 0.1) is 31.4 Å². The minimum atomic E-state index is -0.140. The minimum Gasteiger partial charge on any atom is -0.491 e. The van der Waals surface area contributed by atoms with Gasteiger partial charge in [0.25, 0.3) is 0 Å². The van der Waals surface area contributed by atoms with Gasteiger partial charge in [-0.15, -0.1) is 0 Å². The summed E-state index contributed by atoms with van der Waals surface area (Å²) in [6.45, 7) is 4.59. The number of ether oxygens (including phenoxy) is 1. The second-order valence-corrected chi connectivity index (χ2v) is 7.52. The topological polar surface area (TPSA) is 87.7 Å². The molecule has 0 bridgehead atoms. The SMILES string of the molecule is CCCC(c1cccc(-c2ncc(OCC)cn2)c1)c1nn(-c2cnn(C)c2)ccc1=O. The Kier molecular flexibility index (Phi) is 6.39. The molecule has 3 heterocycles. The molecule has 8 nitrogen and oxygen atoms in total. The third-order valence-corrected chi connectivity index (χ3v) is 5.18. The molecule has 0 aliphatic carbocycles. The summed E-state index contributed by atoms with van der Waals surface area (Å²) in [4.78, 5) is 21.7. The third-order valence-electron chi connectivity index (χ3n) is 5.18. The summed E-state index contributed by atoms with van der Waals surface area (Å²) >= 11 is 0. The van der Waals surface area contributed by atoms with Crippen molar-refractivity contribution in [2.45, 2.75) is 32.6 Å². The fourth-order valence-electron chi connectivity index (χ4n) is 3.69. The van der Waals surface area contributed by atoms with Gasteiger partial charge in [0.2, 0.25) is 5.43 Å². The minimum absolute atomic E-state index is 0.0775. The zero-order chi connectivity index (χ0) is 22.5. The van der Waals surface area contributed by atoms with Crippen molar-refractivity contribution in [1.29, 1.82) is 0 Å². The van der Waals surface area contributed by atoms with Crippen LogP contribution in [0.3, 0.4) is 0 Å². The van der Waals surface area contributed by atoms with Gasteiger partial charge in [0.1, 0.15) is 11.4 Å². The van der Waals surface area contributed by atoms with Crippen LogP contribution in [0, 0.1) is 0 Å². The molecule has 0 fully saturated rings. The lowest BCUT2D eigenvalue weighted by Crippen LogP contribution is -2.20. The Hall–Kier alpha value is -3.81. The Labute approximate surface area is 186 Å². The van der Waals surface area contributed by atoms with Crippen molar-refractivity contribution in [3.05, 3.63) is 82.8 Å². The quantitative estimate of drug-likeness (QED) is 0.423. The predicted molar refractivity (Wildman–Crippen MR) is 122 cm³/mol. The molecule has 164 valence electrons. The standard InChI is InChI=1S/C24H26N6O2/c1-4-7-21(23-22(31)10-11-30(28-23)19-13-27-29(3)16-19)17-8-6-9-18(12-17)24-25-14-20(15-26-24)32-5-2/h6,8-16,21H,4-5,7H2,1-3H3. The first-order valence-corrected chi connectivity index (χ1v) is 10.7. The van der Waals surface area contributed by atoms with Crippen molar-refractivity contribution in [3.63, 3.8) is 0 Å². The maximum absolute atomic E-state index is 12.8. The average molecular weight is 431 g/mol. The van der Waals surface area contributed by atoms with E-state index in [2.05, 4.69) is 27.1 Å². The molecule has 0 aliphatic heterocycles. The maximum atomic E-state index is 12.8. The van der Waals surface area contributed by atoms with E-state index >= 15 is 0 Å². The van der Waals surface area contributed by atoms with Crippen molar-refractivity contribution in [1.82, 2.24) is 29.5 Å². The summed E-state index contributed by atoms with van der Waals surface area (Å²) in [7, 11) is 1.85. The molecule has 0 amide bonds. The van der Waals surface area contributed by atoms with E-state index in [0.29, 0.717) is 23.9 Å². The fourth-order valence-corrected chi connectivity index (χ4v) is 3.69. The second kappa shape index (κ2) is 9.55. The van der Waals surface area contributed by atoms with E-state index in [4.69, 9.17) is 4.74 Å². The van der Waals surface area contributed by atoms with Crippen LogP contribution >= 0.6 is 0 Å². The first-order chi connectivity index (χ1) is 15.6. The van der Waals surface area contributed by atoms with Crippen LogP contribution in [0.15, 0.2) is 66.1 Å². The lowest BCUT2D eigenvalue weighted by Gasteiger charge is -2.17. The molecule has 0 saturated carbocycles. The number of hydrogen-bond donors (Lipinski definition) is 0. The number of hydrogen-bond acceptors (Lipinski definition) is 6. The zero-order valence-electron chi connectivity index (χ0n) is 18.5. The lowest BCUT2D eigenvalue weighted by atomic mass is 9.90. The summed E-state index contributed by atoms with van der Waals surface area (Å²) in [6.07, 6.45) is 10.3. The van der Waals surface area contributed by atoms with Crippen molar-refractivity contribution in [2.75, 3.05) is 6.61 Å². The molecule has 1 unspecified atom stereocenters. The molecule has 0 aliphatic rings. The molecular weight excluding hydrogens is 404 g/mol. The van der Waals surface area contributed by atoms with E-state index in [1.165, 1.54) is 0 Å². The Morgan fingerprint density at radius 1 is 1.09 bits per heavy atom. The molecule has 0 N–H and O–H groups in total. The highest BCUT2D eigenvalue weighted by molar-refractivity contribution is 5.57. The second-order valence-electron chi connectivity index (χ2n) is 7.52. The van der Waals surface area contributed by atoms with E-state index < -0.39 is 0 Å². The van der Waals surface area contributed by atoms with E-state index in [1.54, 1.807) is 40.2 Å². The summed E-state index contributed by atoms with van der Waals surface area (Å²) in [6, 6.07) is 9.57. The predicted octanol–water partition coefficient (Wildman–Crippen LogP) is 3.75. The van der Waals surface area contributed by atoms with Gasteiger partial charge >= 0.3 is 0 Å². The summed E-state index contributed by atoms with van der Waals surface area (Å²) < 4.78 is 8.84. The van der Waals surface area contributed by atoms with Crippen molar-refractivity contribution >= 4 is 0 Å². The molecule has 4 rings (SSSR count). The van der Waals surface area contributed by atoms with Gasteiger partial charge in [-0.25, -0.2) is 14.6 Å². The normalized spacial score (nSPS) is 12.0. The molecule has 1 aromatic carbocycles. The van der Waals surface area contributed by atoms with Crippen molar-refractivity contribution in [3.8, 4) is 22.8 Å². The zero-order valence-corrected chi connectivity index (χ0v) is 18.5. The highest BCUT2D eigenvalue weighted by Crippen LogP contribution is 2.29. The summed E-state index contributed by atoms with van der Waals surface area (Å²) in [5.74, 6) is 1.11. The van der Waals surface area contributed by atoms with Gasteiger partial charge in [0, 0.05) is 30.8 Å². The molecule has 0 spiro atoms. The molecular formula is C24H26N6O2. The number of nitrogens with zero attached hydrogens (tertiary/aromatic N) is 6. The van der Waals surface area contributed by atoms with Gasteiger partial charge in [0.15, 0.2) is 11.6 Å². The molecule has 1 atom stereocenters. The molecule has 3 aromatic heterocycles. The van der Waals surface area contributed by atoms with Crippen LogP contribution < -0.4 is 10.2 Å². The van der Waals surface area contributed by atoms with Gasteiger partial charge in [-0.05, 0) is 25.0 Å². The van der Waals surface area contributed by atoms with Crippen LogP contribution in [-0.2, 0) is 7.05 Å². The summed E-state index contributed by atoms with van der Waals surface area (Å²) in [5, 5.41) is 8.89. The molecule has 0 saturated heterocycles. The summed E-state index contributed by atoms with van der Waals surface area (Å²) in [5.41, 5.74) is 3.14. The van der Waals surface area contributed by atoms with Gasteiger partial charge in [-0.3, -0.25) is 9.48 Å². The highest BCUT2D eigenvalue weighted by atomic mass is 16.5. The van der Waals surface area contributed by atoms with Crippen LogP contribution in [0.2, 0.25) is 0 Å². The smallest absolute Gasteiger partial charge is 0.203 e. The first kappa shape index (κ1) is 21.4. The van der Waals surface area contributed by atoms with Crippen LogP contribution in [-0.4, -0.2) is 36.1 Å². The molecule has 8 heteroatoms. The average Bonchev–Trinajstić information content (AvgIpc) is 3.25. The Balaban J connectivity index is 1.72. The van der Waals surface area contributed by atoms with E-state index in [-0.39, 0.29) is 11.3 Å². The van der Waals surface area contributed by atoms with Crippen LogP contribution in [0.1, 0.15) is 43.9 Å². The van der Waals surface area contributed by atoms with E-state index in [0.717, 1.165) is 29.7 Å². The van der Waals surface area contributed by atoms with Gasteiger partial charge in [-0.2, -0.15) is 10.2 Å². The number of aryl methyl sites for hydroxylation is 1. The van der Waals surface area contributed by atoms with Crippen molar-refractivity contribution in [2.24, 2.45) is 7.05 Å². The maximum Gasteiger partial charge on any atom is 0.203 e. The monoisotopic (exact) mass is 430 g/mol. The lowest BCUT2D eigenvalue weighted by molar-refractivity contribution is 0.337. The number of rotatable bonds is 8. The Morgan fingerprint density at radius 3 is 2.59 bits per heavy atom. The third kappa shape index (κ3) is 4.59.